The van der Waals surface area contributed by atoms with Crippen LogP contribution in [0.15, 0.2) is 12.1 Å². The fraction of sp³-hybridized carbons (Fsp3) is 0.533. The zero-order valence-electron chi connectivity index (χ0n) is 12.1. The molecule has 0 saturated carbocycles. The van der Waals surface area contributed by atoms with Crippen molar-refractivity contribution in [1.82, 2.24) is 10.3 Å². The molecule has 19 heavy (non-hydrogen) atoms. The maximum atomic E-state index is 4.82. The fourth-order valence-corrected chi connectivity index (χ4v) is 4.37. The van der Waals surface area contributed by atoms with E-state index in [2.05, 4.69) is 45.1 Å². The molecule has 104 valence electrons. The normalized spacial score (nSPS) is 12.8. The first kappa shape index (κ1) is 14.7. The Bertz CT molecular complexity index is 528. The van der Waals surface area contributed by atoms with Crippen molar-refractivity contribution in [2.45, 2.75) is 46.6 Å². The molecule has 0 aliphatic rings. The van der Waals surface area contributed by atoms with Crippen molar-refractivity contribution in [3.05, 3.63) is 37.5 Å². The standard InChI is InChI=1S/C15H22N2S2/c1-5-11-8-9-13(19-11)14(16-7-3)15-17-12(6-2)10(4)18-15/h8-9,14,16H,5-7H2,1-4H3. The molecule has 1 unspecified atom stereocenters. The summed E-state index contributed by atoms with van der Waals surface area (Å²) in [6, 6.07) is 4.75. The molecular weight excluding hydrogens is 272 g/mol. The van der Waals surface area contributed by atoms with E-state index in [1.54, 1.807) is 0 Å². The minimum atomic E-state index is 0.263. The second kappa shape index (κ2) is 6.64. The maximum absolute atomic E-state index is 4.82. The fourth-order valence-electron chi connectivity index (χ4n) is 2.16. The summed E-state index contributed by atoms with van der Waals surface area (Å²) < 4.78 is 0. The van der Waals surface area contributed by atoms with Gasteiger partial charge >= 0.3 is 0 Å². The van der Waals surface area contributed by atoms with Crippen LogP contribution in [0.1, 0.15) is 52.1 Å². The van der Waals surface area contributed by atoms with Crippen LogP contribution in [-0.4, -0.2) is 11.5 Å². The lowest BCUT2D eigenvalue weighted by atomic mass is 10.2. The number of aromatic nitrogens is 1. The van der Waals surface area contributed by atoms with Crippen LogP contribution in [0.4, 0.5) is 0 Å². The van der Waals surface area contributed by atoms with Crippen LogP contribution in [0.2, 0.25) is 0 Å². The highest BCUT2D eigenvalue weighted by Gasteiger charge is 2.20. The molecule has 2 heterocycles. The Morgan fingerprint density at radius 1 is 1.16 bits per heavy atom. The molecular formula is C15H22N2S2. The molecule has 0 aliphatic carbocycles. The molecule has 0 amide bonds. The van der Waals surface area contributed by atoms with E-state index < -0.39 is 0 Å². The van der Waals surface area contributed by atoms with Gasteiger partial charge in [0.2, 0.25) is 0 Å². The summed E-state index contributed by atoms with van der Waals surface area (Å²) in [5.74, 6) is 0. The first-order valence-corrected chi connectivity index (χ1v) is 8.61. The Labute approximate surface area is 123 Å². The molecule has 1 atom stereocenters. The van der Waals surface area contributed by atoms with E-state index in [1.807, 2.05) is 22.7 Å². The highest BCUT2D eigenvalue weighted by Crippen LogP contribution is 2.32. The first-order valence-electron chi connectivity index (χ1n) is 6.97. The van der Waals surface area contributed by atoms with Crippen LogP contribution < -0.4 is 5.32 Å². The van der Waals surface area contributed by atoms with Gasteiger partial charge in [-0.1, -0.05) is 20.8 Å². The molecule has 0 aliphatic heterocycles. The van der Waals surface area contributed by atoms with Gasteiger partial charge in [-0.2, -0.15) is 0 Å². The molecule has 0 bridgehead atoms. The summed E-state index contributed by atoms with van der Waals surface area (Å²) in [4.78, 5) is 9.01. The molecule has 2 nitrogen and oxygen atoms in total. The number of aryl methyl sites for hydroxylation is 3. The van der Waals surface area contributed by atoms with Gasteiger partial charge < -0.3 is 5.32 Å². The molecule has 2 aromatic rings. The van der Waals surface area contributed by atoms with E-state index >= 15 is 0 Å². The molecule has 0 spiro atoms. The van der Waals surface area contributed by atoms with E-state index in [0.29, 0.717) is 0 Å². The SMILES string of the molecule is CCNC(c1ccc(CC)s1)c1nc(CC)c(C)s1. The van der Waals surface area contributed by atoms with Crippen molar-refractivity contribution >= 4 is 22.7 Å². The summed E-state index contributed by atoms with van der Waals surface area (Å²) in [6.45, 7) is 9.68. The van der Waals surface area contributed by atoms with E-state index in [4.69, 9.17) is 4.98 Å². The lowest BCUT2D eigenvalue weighted by molar-refractivity contribution is 0.634. The summed E-state index contributed by atoms with van der Waals surface area (Å²) in [5, 5.41) is 4.78. The van der Waals surface area contributed by atoms with Gasteiger partial charge in [0.1, 0.15) is 5.01 Å². The molecule has 0 radical (unpaired) electrons. The third-order valence-corrected chi connectivity index (χ3v) is 5.59. The Morgan fingerprint density at radius 2 is 1.95 bits per heavy atom. The van der Waals surface area contributed by atoms with Crippen molar-refractivity contribution in [3.63, 3.8) is 0 Å². The van der Waals surface area contributed by atoms with Crippen LogP contribution >= 0.6 is 22.7 Å². The van der Waals surface area contributed by atoms with Gasteiger partial charge in [-0.3, -0.25) is 0 Å². The van der Waals surface area contributed by atoms with E-state index in [9.17, 15) is 0 Å². The smallest absolute Gasteiger partial charge is 0.115 e. The second-order valence-corrected chi connectivity index (χ2v) is 6.99. The van der Waals surface area contributed by atoms with Crippen LogP contribution in [0, 0.1) is 6.92 Å². The molecule has 0 fully saturated rings. The number of hydrogen-bond donors (Lipinski definition) is 1. The number of thiophene rings is 1. The highest BCUT2D eigenvalue weighted by atomic mass is 32.1. The third kappa shape index (κ3) is 3.25. The second-order valence-electron chi connectivity index (χ2n) is 4.56. The zero-order valence-corrected chi connectivity index (χ0v) is 13.8. The van der Waals surface area contributed by atoms with Gasteiger partial charge in [-0.25, -0.2) is 4.98 Å². The van der Waals surface area contributed by atoms with Gasteiger partial charge in [-0.05, 0) is 38.4 Å². The summed E-state index contributed by atoms with van der Waals surface area (Å²) in [5.41, 5.74) is 1.25. The minimum Gasteiger partial charge on any atom is -0.304 e. The summed E-state index contributed by atoms with van der Waals surface area (Å²) >= 11 is 3.73. The third-order valence-electron chi connectivity index (χ3n) is 3.21. The Kier molecular flexibility index (Phi) is 5.13. The summed E-state index contributed by atoms with van der Waals surface area (Å²) in [7, 11) is 0. The quantitative estimate of drug-likeness (QED) is 0.857. The molecule has 2 aromatic heterocycles. The van der Waals surface area contributed by atoms with Crippen molar-refractivity contribution < 1.29 is 0 Å². The predicted molar refractivity (Wildman–Crippen MR) is 85.4 cm³/mol. The van der Waals surface area contributed by atoms with Gasteiger partial charge in [0.15, 0.2) is 0 Å². The predicted octanol–water partition coefficient (Wildman–Crippen LogP) is 4.34. The van der Waals surface area contributed by atoms with Crippen LogP contribution in [-0.2, 0) is 12.8 Å². The van der Waals surface area contributed by atoms with Crippen LogP contribution in [0.5, 0.6) is 0 Å². The van der Waals surface area contributed by atoms with Gasteiger partial charge in [0, 0.05) is 14.6 Å². The number of thiazole rings is 1. The van der Waals surface area contributed by atoms with Crippen LogP contribution in [0.3, 0.4) is 0 Å². The number of hydrogen-bond acceptors (Lipinski definition) is 4. The van der Waals surface area contributed by atoms with Crippen molar-refractivity contribution in [2.75, 3.05) is 6.54 Å². The van der Waals surface area contributed by atoms with Crippen molar-refractivity contribution in [2.24, 2.45) is 0 Å². The van der Waals surface area contributed by atoms with Gasteiger partial charge in [0.25, 0.3) is 0 Å². The molecule has 1 N–H and O–H groups in total. The number of nitrogens with zero attached hydrogens (tertiary/aromatic N) is 1. The largest absolute Gasteiger partial charge is 0.304 e. The highest BCUT2D eigenvalue weighted by molar-refractivity contribution is 7.13. The number of rotatable bonds is 6. The van der Waals surface area contributed by atoms with E-state index in [-0.39, 0.29) is 6.04 Å². The monoisotopic (exact) mass is 294 g/mol. The average Bonchev–Trinajstić information content (AvgIpc) is 3.02. The molecule has 0 aromatic carbocycles. The zero-order chi connectivity index (χ0) is 13.8. The lowest BCUT2D eigenvalue weighted by Gasteiger charge is -2.13. The average molecular weight is 294 g/mol. The van der Waals surface area contributed by atoms with Crippen LogP contribution in [0.25, 0.3) is 0 Å². The lowest BCUT2D eigenvalue weighted by Crippen LogP contribution is -2.20. The van der Waals surface area contributed by atoms with E-state index in [1.165, 1.54) is 25.3 Å². The summed E-state index contributed by atoms with van der Waals surface area (Å²) in [6.07, 6.45) is 2.13. The van der Waals surface area contributed by atoms with Crippen molar-refractivity contribution in [1.29, 1.82) is 0 Å². The Morgan fingerprint density at radius 3 is 2.47 bits per heavy atom. The number of nitrogens with one attached hydrogen (secondary N) is 1. The molecule has 4 heteroatoms. The topological polar surface area (TPSA) is 24.9 Å². The van der Waals surface area contributed by atoms with Crippen molar-refractivity contribution in [3.8, 4) is 0 Å². The molecule has 0 saturated heterocycles. The van der Waals surface area contributed by atoms with E-state index in [0.717, 1.165) is 19.4 Å². The van der Waals surface area contributed by atoms with Gasteiger partial charge in [-0.15, -0.1) is 22.7 Å². The Balaban J connectivity index is 2.32. The first-order chi connectivity index (χ1) is 9.19. The Hall–Kier alpha value is -0.710. The maximum Gasteiger partial charge on any atom is 0.115 e. The molecule has 2 rings (SSSR count). The van der Waals surface area contributed by atoms with Gasteiger partial charge in [0.05, 0.1) is 11.7 Å². The minimum absolute atomic E-state index is 0.263.